The Morgan fingerprint density at radius 1 is 1.15 bits per heavy atom. The maximum Gasteiger partial charge on any atom is 0.313 e. The second-order valence-electron chi connectivity index (χ2n) is 6.90. The molecule has 26 heavy (non-hydrogen) atoms. The lowest BCUT2D eigenvalue weighted by Crippen LogP contribution is -2.19. The van der Waals surface area contributed by atoms with Gasteiger partial charge in [-0.3, -0.25) is 4.79 Å². The number of carbonyl (C=O) groups is 1. The van der Waals surface area contributed by atoms with Gasteiger partial charge in [-0.25, -0.2) is 0 Å². The van der Waals surface area contributed by atoms with E-state index in [0.717, 1.165) is 11.1 Å². The van der Waals surface area contributed by atoms with E-state index in [2.05, 4.69) is 12.1 Å². The summed E-state index contributed by atoms with van der Waals surface area (Å²) in [6, 6.07) is 13.9. The van der Waals surface area contributed by atoms with Gasteiger partial charge in [-0.05, 0) is 37.1 Å². The van der Waals surface area contributed by atoms with Crippen molar-refractivity contribution in [2.45, 2.75) is 25.7 Å². The summed E-state index contributed by atoms with van der Waals surface area (Å²) in [7, 11) is 0. The van der Waals surface area contributed by atoms with E-state index in [-0.39, 0.29) is 17.8 Å². The maximum atomic E-state index is 12.8. The number of hydrogen-bond donors (Lipinski definition) is 0. The smallest absolute Gasteiger partial charge is 0.313 e. The lowest BCUT2D eigenvalue weighted by Gasteiger charge is -2.20. The molecule has 2 aromatic rings. The Hall–Kier alpha value is -2.20. The standard InChI is InChI=1S/C21H21ClO4/c1-3-24-20(23)21(2)17(13-7-5-4-6-8-13)18(21)14-11-15(22)19-16(12-14)25-9-10-26-19/h4-8,11-12,17-18H,3,9-10H2,1-2H3. The van der Waals surface area contributed by atoms with Crippen LogP contribution in [0.4, 0.5) is 0 Å². The van der Waals surface area contributed by atoms with Crippen LogP contribution < -0.4 is 9.47 Å². The van der Waals surface area contributed by atoms with Crippen LogP contribution in [0, 0.1) is 5.41 Å². The molecular weight excluding hydrogens is 352 g/mol. The topological polar surface area (TPSA) is 44.8 Å². The molecule has 1 fully saturated rings. The highest BCUT2D eigenvalue weighted by Gasteiger charge is 2.68. The van der Waals surface area contributed by atoms with Crippen molar-refractivity contribution in [2.75, 3.05) is 19.8 Å². The monoisotopic (exact) mass is 372 g/mol. The zero-order valence-corrected chi connectivity index (χ0v) is 15.6. The molecule has 4 nitrogen and oxygen atoms in total. The van der Waals surface area contributed by atoms with E-state index in [0.29, 0.717) is 36.3 Å². The van der Waals surface area contributed by atoms with Gasteiger partial charge in [0.2, 0.25) is 0 Å². The molecule has 0 radical (unpaired) electrons. The molecule has 1 heterocycles. The molecule has 4 rings (SSSR count). The molecule has 3 unspecified atom stereocenters. The van der Waals surface area contributed by atoms with Crippen LogP contribution in [-0.2, 0) is 9.53 Å². The SMILES string of the molecule is CCOC(=O)C1(C)C(c2ccccc2)C1c1cc(Cl)c2c(c1)OCCO2. The third kappa shape index (κ3) is 2.64. The molecule has 0 saturated heterocycles. The average Bonchev–Trinajstić information content (AvgIpc) is 3.30. The Balaban J connectivity index is 1.76. The number of carbonyl (C=O) groups excluding carboxylic acids is 1. The number of fused-ring (bicyclic) bond motifs is 1. The summed E-state index contributed by atoms with van der Waals surface area (Å²) in [6.07, 6.45) is 0. The third-order valence-corrected chi connectivity index (χ3v) is 5.65. The van der Waals surface area contributed by atoms with Crippen molar-refractivity contribution in [3.05, 3.63) is 58.6 Å². The molecule has 136 valence electrons. The van der Waals surface area contributed by atoms with Gasteiger partial charge in [-0.2, -0.15) is 0 Å². The van der Waals surface area contributed by atoms with Crippen LogP contribution in [0.15, 0.2) is 42.5 Å². The molecule has 1 aliphatic carbocycles. The van der Waals surface area contributed by atoms with Crippen LogP contribution in [0.5, 0.6) is 11.5 Å². The normalized spacial score (nSPS) is 26.3. The first kappa shape index (κ1) is 17.2. The highest BCUT2D eigenvalue weighted by molar-refractivity contribution is 6.32. The van der Waals surface area contributed by atoms with Gasteiger partial charge in [0.25, 0.3) is 0 Å². The van der Waals surface area contributed by atoms with Crippen LogP contribution in [-0.4, -0.2) is 25.8 Å². The summed E-state index contributed by atoms with van der Waals surface area (Å²) in [5, 5.41) is 0.516. The number of esters is 1. The quantitative estimate of drug-likeness (QED) is 0.738. The summed E-state index contributed by atoms with van der Waals surface area (Å²) >= 11 is 6.43. The van der Waals surface area contributed by atoms with Gasteiger partial charge >= 0.3 is 5.97 Å². The number of hydrogen-bond acceptors (Lipinski definition) is 4. The van der Waals surface area contributed by atoms with Crippen molar-refractivity contribution in [1.29, 1.82) is 0 Å². The maximum absolute atomic E-state index is 12.8. The molecule has 3 atom stereocenters. The zero-order chi connectivity index (χ0) is 18.3. The van der Waals surface area contributed by atoms with Gasteiger partial charge < -0.3 is 14.2 Å². The largest absolute Gasteiger partial charge is 0.486 e. The van der Waals surface area contributed by atoms with Crippen molar-refractivity contribution >= 4 is 17.6 Å². The summed E-state index contributed by atoms with van der Waals surface area (Å²) in [5.41, 5.74) is 1.48. The van der Waals surface area contributed by atoms with E-state index in [4.69, 9.17) is 25.8 Å². The number of benzene rings is 2. The van der Waals surface area contributed by atoms with Crippen LogP contribution in [0.25, 0.3) is 0 Å². The van der Waals surface area contributed by atoms with Crippen LogP contribution in [0.3, 0.4) is 0 Å². The summed E-state index contributed by atoms with van der Waals surface area (Å²) in [4.78, 5) is 12.8. The molecular formula is C21H21ClO4. The fraction of sp³-hybridized carbons (Fsp3) is 0.381. The molecule has 1 saturated carbocycles. The van der Waals surface area contributed by atoms with E-state index >= 15 is 0 Å². The highest BCUT2D eigenvalue weighted by atomic mass is 35.5. The van der Waals surface area contributed by atoms with Crippen LogP contribution in [0.1, 0.15) is 36.8 Å². The van der Waals surface area contributed by atoms with Crippen molar-refractivity contribution in [3.8, 4) is 11.5 Å². The minimum absolute atomic E-state index is 0.0164. The minimum atomic E-state index is -0.621. The number of rotatable bonds is 4. The molecule has 5 heteroatoms. The van der Waals surface area contributed by atoms with Crippen molar-refractivity contribution in [1.82, 2.24) is 0 Å². The second kappa shape index (κ2) is 6.51. The molecule has 0 amide bonds. The zero-order valence-electron chi connectivity index (χ0n) is 14.8. The average molecular weight is 373 g/mol. The fourth-order valence-electron chi connectivity index (χ4n) is 4.10. The van der Waals surface area contributed by atoms with Gasteiger partial charge in [-0.1, -0.05) is 41.9 Å². The first-order valence-corrected chi connectivity index (χ1v) is 9.26. The predicted octanol–water partition coefficient (Wildman–Crippen LogP) is 4.56. The van der Waals surface area contributed by atoms with Gasteiger partial charge in [-0.15, -0.1) is 0 Å². The Bertz CT molecular complexity index is 835. The third-order valence-electron chi connectivity index (χ3n) is 5.37. The lowest BCUT2D eigenvalue weighted by atomic mass is 10.00. The number of ether oxygens (including phenoxy) is 3. The fourth-order valence-corrected chi connectivity index (χ4v) is 4.38. The minimum Gasteiger partial charge on any atom is -0.486 e. The Kier molecular flexibility index (Phi) is 4.31. The molecule has 0 spiro atoms. The highest BCUT2D eigenvalue weighted by Crippen LogP contribution is 2.71. The lowest BCUT2D eigenvalue weighted by molar-refractivity contribution is -0.149. The molecule has 2 aromatic carbocycles. The first-order valence-electron chi connectivity index (χ1n) is 8.88. The molecule has 2 aliphatic rings. The molecule has 1 aliphatic heterocycles. The predicted molar refractivity (Wildman–Crippen MR) is 99.1 cm³/mol. The molecule has 0 N–H and O–H groups in total. The van der Waals surface area contributed by atoms with E-state index in [1.165, 1.54) is 0 Å². The van der Waals surface area contributed by atoms with Crippen molar-refractivity contribution in [2.24, 2.45) is 5.41 Å². The summed E-state index contributed by atoms with van der Waals surface area (Å²) in [6.45, 7) is 5.15. The first-order chi connectivity index (χ1) is 12.6. The van der Waals surface area contributed by atoms with E-state index < -0.39 is 5.41 Å². The van der Waals surface area contributed by atoms with E-state index in [9.17, 15) is 4.79 Å². The van der Waals surface area contributed by atoms with Crippen LogP contribution >= 0.6 is 11.6 Å². The molecule has 0 aromatic heterocycles. The number of halogens is 1. The van der Waals surface area contributed by atoms with E-state index in [1.54, 1.807) is 0 Å². The van der Waals surface area contributed by atoms with Gasteiger partial charge in [0.15, 0.2) is 11.5 Å². The Labute approximate surface area is 158 Å². The van der Waals surface area contributed by atoms with Crippen LogP contribution in [0.2, 0.25) is 5.02 Å². The van der Waals surface area contributed by atoms with E-state index in [1.807, 2.05) is 44.2 Å². The Morgan fingerprint density at radius 3 is 2.58 bits per heavy atom. The van der Waals surface area contributed by atoms with Gasteiger partial charge in [0.05, 0.1) is 17.0 Å². The second-order valence-corrected chi connectivity index (χ2v) is 7.30. The van der Waals surface area contributed by atoms with Gasteiger partial charge in [0.1, 0.15) is 13.2 Å². The molecule has 0 bridgehead atoms. The summed E-state index contributed by atoms with van der Waals surface area (Å²) in [5.74, 6) is 1.07. The van der Waals surface area contributed by atoms with Crippen molar-refractivity contribution < 1.29 is 19.0 Å². The van der Waals surface area contributed by atoms with Crippen molar-refractivity contribution in [3.63, 3.8) is 0 Å². The summed E-state index contributed by atoms with van der Waals surface area (Å²) < 4.78 is 16.7. The van der Waals surface area contributed by atoms with Gasteiger partial charge in [0, 0.05) is 11.8 Å². The Morgan fingerprint density at radius 2 is 1.85 bits per heavy atom.